The second-order valence-electron chi connectivity index (χ2n) is 3.59. The molecular weight excluding hydrogens is 293 g/mol. The summed E-state index contributed by atoms with van der Waals surface area (Å²) in [6.45, 7) is 0.476. The number of aromatic hydroxyl groups is 1. The van der Waals surface area contributed by atoms with Crippen LogP contribution in [-0.4, -0.2) is 22.1 Å². The molecule has 0 aliphatic rings. The Morgan fingerprint density at radius 3 is 2.74 bits per heavy atom. The summed E-state index contributed by atoms with van der Waals surface area (Å²) in [5.74, 6) is -0.384. The Morgan fingerprint density at radius 1 is 1.47 bits per heavy atom. The average Bonchev–Trinajstić information content (AvgIpc) is 2.33. The third-order valence-electron chi connectivity index (χ3n) is 2.50. The molecule has 0 bridgehead atoms. The minimum absolute atomic E-state index is 0. The molecule has 2 rings (SSSR count). The van der Waals surface area contributed by atoms with Crippen LogP contribution in [0.1, 0.15) is 5.56 Å². The van der Waals surface area contributed by atoms with Crippen molar-refractivity contribution in [2.24, 2.45) is 0 Å². The van der Waals surface area contributed by atoms with Gasteiger partial charge in [0.05, 0.1) is 4.92 Å². The number of benzene rings is 1. The highest BCUT2D eigenvalue weighted by molar-refractivity contribution is 5.90. The first-order valence-electron chi connectivity index (χ1n) is 5.03. The van der Waals surface area contributed by atoms with E-state index in [2.05, 4.69) is 10.3 Å². The molecule has 0 atom stereocenters. The molecule has 104 valence electrons. The van der Waals surface area contributed by atoms with Crippen molar-refractivity contribution < 1.29 is 10.0 Å². The summed E-state index contributed by atoms with van der Waals surface area (Å²) >= 11 is 0. The standard InChI is InChI=1S/C11H11N3O3.2ClH/c1-12-6-7-5-9(14(16)17)11(15)10-8(7)3-2-4-13-10;;/h2-5,12,15H,6H2,1H3;2*1H. The van der Waals surface area contributed by atoms with Crippen molar-refractivity contribution in [1.29, 1.82) is 0 Å². The van der Waals surface area contributed by atoms with E-state index in [1.807, 2.05) is 0 Å². The molecule has 0 unspecified atom stereocenters. The van der Waals surface area contributed by atoms with Crippen molar-refractivity contribution >= 4 is 41.4 Å². The normalized spacial score (nSPS) is 9.53. The molecule has 0 saturated carbocycles. The fourth-order valence-corrected chi connectivity index (χ4v) is 1.76. The van der Waals surface area contributed by atoms with Crippen molar-refractivity contribution in [3.05, 3.63) is 40.1 Å². The van der Waals surface area contributed by atoms with Crippen LogP contribution in [0.3, 0.4) is 0 Å². The van der Waals surface area contributed by atoms with E-state index >= 15 is 0 Å². The first-order valence-corrected chi connectivity index (χ1v) is 5.03. The number of fused-ring (bicyclic) bond motifs is 1. The van der Waals surface area contributed by atoms with E-state index in [1.54, 1.807) is 19.2 Å². The molecule has 0 amide bonds. The lowest BCUT2D eigenvalue weighted by Crippen LogP contribution is -2.06. The van der Waals surface area contributed by atoms with Gasteiger partial charge >= 0.3 is 5.69 Å². The van der Waals surface area contributed by atoms with Gasteiger partial charge < -0.3 is 10.4 Å². The summed E-state index contributed by atoms with van der Waals surface area (Å²) in [5.41, 5.74) is 0.675. The number of hydrogen-bond donors (Lipinski definition) is 2. The van der Waals surface area contributed by atoms with Crippen LogP contribution in [0.4, 0.5) is 5.69 Å². The van der Waals surface area contributed by atoms with Crippen LogP contribution in [0, 0.1) is 10.1 Å². The molecule has 2 aromatic rings. The first kappa shape index (κ1) is 17.4. The molecule has 0 aliphatic heterocycles. The van der Waals surface area contributed by atoms with E-state index in [1.165, 1.54) is 12.3 Å². The van der Waals surface area contributed by atoms with E-state index in [0.29, 0.717) is 11.9 Å². The lowest BCUT2D eigenvalue weighted by Gasteiger charge is -2.07. The molecule has 0 aliphatic carbocycles. The largest absolute Gasteiger partial charge is 0.501 e. The van der Waals surface area contributed by atoms with Crippen LogP contribution in [0.15, 0.2) is 24.4 Å². The SMILES string of the molecule is CNCc1cc([N+](=O)[O-])c(O)c2ncccc12.Cl.Cl. The van der Waals surface area contributed by atoms with Crippen LogP contribution in [0.2, 0.25) is 0 Å². The smallest absolute Gasteiger partial charge is 0.313 e. The van der Waals surface area contributed by atoms with Crippen LogP contribution in [-0.2, 0) is 6.54 Å². The molecule has 0 spiro atoms. The molecule has 19 heavy (non-hydrogen) atoms. The third kappa shape index (κ3) is 3.23. The van der Waals surface area contributed by atoms with E-state index in [9.17, 15) is 15.2 Å². The Labute approximate surface area is 121 Å². The van der Waals surface area contributed by atoms with Gasteiger partial charge in [-0.25, -0.2) is 0 Å². The maximum Gasteiger partial charge on any atom is 0.313 e. The highest BCUT2D eigenvalue weighted by Crippen LogP contribution is 2.35. The Kier molecular flexibility index (Phi) is 6.47. The van der Waals surface area contributed by atoms with Crippen LogP contribution in [0.25, 0.3) is 10.9 Å². The Bertz CT molecular complexity index is 593. The van der Waals surface area contributed by atoms with Crippen molar-refractivity contribution in [3.8, 4) is 5.75 Å². The van der Waals surface area contributed by atoms with Crippen molar-refractivity contribution in [3.63, 3.8) is 0 Å². The monoisotopic (exact) mass is 305 g/mol. The number of aromatic nitrogens is 1. The fourth-order valence-electron chi connectivity index (χ4n) is 1.76. The average molecular weight is 306 g/mol. The van der Waals surface area contributed by atoms with Crippen molar-refractivity contribution in [2.45, 2.75) is 6.54 Å². The number of pyridine rings is 1. The molecule has 8 heteroatoms. The van der Waals surface area contributed by atoms with E-state index in [0.717, 1.165) is 5.56 Å². The number of halogens is 2. The molecule has 0 fully saturated rings. The van der Waals surface area contributed by atoms with E-state index in [4.69, 9.17) is 0 Å². The van der Waals surface area contributed by atoms with Crippen molar-refractivity contribution in [2.75, 3.05) is 7.05 Å². The number of nitro benzene ring substituents is 1. The zero-order valence-corrected chi connectivity index (χ0v) is 11.6. The van der Waals surface area contributed by atoms with Gasteiger partial charge in [-0.15, -0.1) is 24.8 Å². The van der Waals surface area contributed by atoms with Crippen LogP contribution in [0.5, 0.6) is 5.75 Å². The van der Waals surface area contributed by atoms with Gasteiger partial charge in [0, 0.05) is 24.2 Å². The highest BCUT2D eigenvalue weighted by atomic mass is 35.5. The zero-order valence-electron chi connectivity index (χ0n) is 9.99. The molecule has 0 saturated heterocycles. The third-order valence-corrected chi connectivity index (χ3v) is 2.50. The quantitative estimate of drug-likeness (QED) is 0.671. The maximum absolute atomic E-state index is 10.8. The predicted molar refractivity (Wildman–Crippen MR) is 77.3 cm³/mol. The first-order chi connectivity index (χ1) is 8.15. The van der Waals surface area contributed by atoms with Crippen molar-refractivity contribution in [1.82, 2.24) is 10.3 Å². The van der Waals surface area contributed by atoms with Gasteiger partial charge in [-0.1, -0.05) is 6.07 Å². The number of hydrogen-bond acceptors (Lipinski definition) is 5. The predicted octanol–water partition coefficient (Wildman–Crippen LogP) is 2.41. The van der Waals surface area contributed by atoms with Gasteiger partial charge in [0.2, 0.25) is 5.75 Å². The lowest BCUT2D eigenvalue weighted by atomic mass is 10.1. The molecule has 1 heterocycles. The molecule has 1 aromatic carbocycles. The molecule has 0 radical (unpaired) electrons. The Hall–Kier alpha value is -1.63. The Morgan fingerprint density at radius 2 is 2.16 bits per heavy atom. The summed E-state index contributed by atoms with van der Waals surface area (Å²) in [6.07, 6.45) is 1.49. The number of nitro groups is 1. The van der Waals surface area contributed by atoms with Gasteiger partial charge in [-0.3, -0.25) is 15.1 Å². The van der Waals surface area contributed by atoms with Crippen LogP contribution < -0.4 is 5.32 Å². The van der Waals surface area contributed by atoms with Gasteiger partial charge in [-0.05, 0) is 18.7 Å². The second-order valence-corrected chi connectivity index (χ2v) is 3.59. The van der Waals surface area contributed by atoms with Gasteiger partial charge in [0.1, 0.15) is 5.52 Å². The summed E-state index contributed by atoms with van der Waals surface area (Å²) in [5, 5.41) is 24.2. The minimum Gasteiger partial charge on any atom is -0.501 e. The minimum atomic E-state index is -0.609. The number of nitrogens with one attached hydrogen (secondary N) is 1. The van der Waals surface area contributed by atoms with Gasteiger partial charge in [0.25, 0.3) is 0 Å². The molecule has 2 N–H and O–H groups in total. The number of nitrogens with zero attached hydrogens (tertiary/aromatic N) is 2. The Balaban J connectivity index is 0.00000162. The summed E-state index contributed by atoms with van der Waals surface area (Å²) in [6, 6.07) is 4.88. The zero-order chi connectivity index (χ0) is 12.4. The van der Waals surface area contributed by atoms with Crippen LogP contribution >= 0.6 is 24.8 Å². The van der Waals surface area contributed by atoms with E-state index < -0.39 is 4.92 Å². The number of phenolic OH excluding ortho intramolecular Hbond substituents is 1. The summed E-state index contributed by atoms with van der Waals surface area (Å²) in [4.78, 5) is 14.2. The summed E-state index contributed by atoms with van der Waals surface area (Å²) < 4.78 is 0. The molecule has 1 aromatic heterocycles. The molecule has 6 nitrogen and oxygen atoms in total. The van der Waals surface area contributed by atoms with Gasteiger partial charge in [0.15, 0.2) is 0 Å². The van der Waals surface area contributed by atoms with E-state index in [-0.39, 0.29) is 41.8 Å². The molecular formula is C11H13Cl2N3O3. The number of phenols is 1. The summed E-state index contributed by atoms with van der Waals surface area (Å²) in [7, 11) is 1.75. The second kappa shape index (κ2) is 7.08. The topological polar surface area (TPSA) is 88.3 Å². The highest BCUT2D eigenvalue weighted by Gasteiger charge is 2.19. The lowest BCUT2D eigenvalue weighted by molar-refractivity contribution is -0.385. The van der Waals surface area contributed by atoms with Gasteiger partial charge in [-0.2, -0.15) is 0 Å². The maximum atomic E-state index is 10.8. The number of rotatable bonds is 3. The fraction of sp³-hybridized carbons (Fsp3) is 0.182.